The van der Waals surface area contributed by atoms with Crippen LogP contribution >= 0.6 is 11.6 Å². The summed E-state index contributed by atoms with van der Waals surface area (Å²) in [5.41, 5.74) is 3.61. The summed E-state index contributed by atoms with van der Waals surface area (Å²) in [7, 11) is 0. The van der Waals surface area contributed by atoms with E-state index >= 15 is 0 Å². The van der Waals surface area contributed by atoms with Gasteiger partial charge in [-0.2, -0.15) is 0 Å². The zero-order valence-electron chi connectivity index (χ0n) is 10.7. The van der Waals surface area contributed by atoms with Crippen molar-refractivity contribution in [2.75, 3.05) is 0 Å². The van der Waals surface area contributed by atoms with Crippen molar-refractivity contribution in [3.63, 3.8) is 0 Å². The van der Waals surface area contributed by atoms with Gasteiger partial charge in [-0.05, 0) is 30.9 Å². The van der Waals surface area contributed by atoms with E-state index in [1.807, 2.05) is 0 Å². The molecule has 0 N–H and O–H groups in total. The van der Waals surface area contributed by atoms with Crippen LogP contribution in [-0.4, -0.2) is 4.98 Å². The van der Waals surface area contributed by atoms with Crippen LogP contribution in [0.1, 0.15) is 49.8 Å². The molecule has 0 saturated heterocycles. The Morgan fingerprint density at radius 1 is 1.28 bits per heavy atom. The summed E-state index contributed by atoms with van der Waals surface area (Å²) >= 11 is 6.43. The van der Waals surface area contributed by atoms with Crippen LogP contribution in [0.25, 0.3) is 10.9 Å². The second kappa shape index (κ2) is 4.89. The number of pyridine rings is 1. The number of aromatic nitrogens is 1. The standard InChI is InChI=1S/C16H18ClN/c1-2-11-8-5-9-13-14(17)10-15(18-16(11)13)12-6-3-4-7-12/h5,8-10,12H,2-4,6-7H2,1H3. The van der Waals surface area contributed by atoms with E-state index in [-0.39, 0.29) is 0 Å². The van der Waals surface area contributed by atoms with Gasteiger partial charge in [0.2, 0.25) is 0 Å². The molecule has 1 aliphatic carbocycles. The van der Waals surface area contributed by atoms with Gasteiger partial charge in [-0.15, -0.1) is 0 Å². The van der Waals surface area contributed by atoms with E-state index in [0.29, 0.717) is 5.92 Å². The van der Waals surface area contributed by atoms with Crippen LogP contribution < -0.4 is 0 Å². The number of halogens is 1. The number of aryl methyl sites for hydroxylation is 1. The maximum Gasteiger partial charge on any atom is 0.0752 e. The average molecular weight is 260 g/mol. The summed E-state index contributed by atoms with van der Waals surface area (Å²) in [5.74, 6) is 0.622. The minimum atomic E-state index is 0.622. The molecular formula is C16H18ClN. The molecule has 0 unspecified atom stereocenters. The highest BCUT2D eigenvalue weighted by molar-refractivity contribution is 6.35. The third-order valence-corrected chi connectivity index (χ3v) is 4.36. The van der Waals surface area contributed by atoms with E-state index in [0.717, 1.165) is 22.3 Å². The highest BCUT2D eigenvalue weighted by Gasteiger charge is 2.20. The van der Waals surface area contributed by atoms with Crippen molar-refractivity contribution in [2.24, 2.45) is 0 Å². The fourth-order valence-electron chi connectivity index (χ4n) is 3.00. The summed E-state index contributed by atoms with van der Waals surface area (Å²) in [6, 6.07) is 8.38. The van der Waals surface area contributed by atoms with E-state index in [2.05, 4.69) is 31.2 Å². The van der Waals surface area contributed by atoms with E-state index in [4.69, 9.17) is 16.6 Å². The molecule has 2 heteroatoms. The number of fused-ring (bicyclic) bond motifs is 1. The third-order valence-electron chi connectivity index (χ3n) is 4.05. The van der Waals surface area contributed by atoms with Crippen molar-refractivity contribution in [1.29, 1.82) is 0 Å². The van der Waals surface area contributed by atoms with Crippen LogP contribution in [0, 0.1) is 0 Å². The second-order valence-electron chi connectivity index (χ2n) is 5.18. The van der Waals surface area contributed by atoms with E-state index < -0.39 is 0 Å². The summed E-state index contributed by atoms with van der Waals surface area (Å²) in [5, 5.41) is 1.95. The average Bonchev–Trinajstić information content (AvgIpc) is 2.92. The fourth-order valence-corrected chi connectivity index (χ4v) is 3.27. The Kier molecular flexibility index (Phi) is 3.25. The lowest BCUT2D eigenvalue weighted by Gasteiger charge is -2.12. The van der Waals surface area contributed by atoms with Crippen molar-refractivity contribution >= 4 is 22.5 Å². The lowest BCUT2D eigenvalue weighted by atomic mass is 10.0. The molecule has 1 fully saturated rings. The van der Waals surface area contributed by atoms with E-state index in [9.17, 15) is 0 Å². The summed E-state index contributed by atoms with van der Waals surface area (Å²) < 4.78 is 0. The van der Waals surface area contributed by atoms with Gasteiger partial charge in [0, 0.05) is 17.0 Å². The normalized spacial score (nSPS) is 16.6. The molecule has 0 atom stereocenters. The lowest BCUT2D eigenvalue weighted by molar-refractivity contribution is 0.701. The predicted octanol–water partition coefficient (Wildman–Crippen LogP) is 5.11. The third kappa shape index (κ3) is 2.01. The molecule has 1 aliphatic rings. The Labute approximate surface area is 113 Å². The van der Waals surface area contributed by atoms with Gasteiger partial charge in [-0.25, -0.2) is 0 Å². The zero-order chi connectivity index (χ0) is 12.5. The van der Waals surface area contributed by atoms with Crippen LogP contribution in [-0.2, 0) is 6.42 Å². The molecule has 1 nitrogen and oxygen atoms in total. The quantitative estimate of drug-likeness (QED) is 0.730. The Hall–Kier alpha value is -1.08. The molecular weight excluding hydrogens is 242 g/mol. The van der Waals surface area contributed by atoms with Gasteiger partial charge < -0.3 is 0 Å². The highest BCUT2D eigenvalue weighted by Crippen LogP contribution is 2.36. The van der Waals surface area contributed by atoms with Crippen molar-refractivity contribution < 1.29 is 0 Å². The molecule has 18 heavy (non-hydrogen) atoms. The van der Waals surface area contributed by atoms with Gasteiger partial charge >= 0.3 is 0 Å². The molecule has 1 aromatic carbocycles. The van der Waals surface area contributed by atoms with Crippen molar-refractivity contribution in [3.8, 4) is 0 Å². The first kappa shape index (κ1) is 12.0. The van der Waals surface area contributed by atoms with Crippen molar-refractivity contribution in [1.82, 2.24) is 4.98 Å². The number of benzene rings is 1. The molecule has 1 saturated carbocycles. The number of rotatable bonds is 2. The Balaban J connectivity index is 2.18. The van der Waals surface area contributed by atoms with Gasteiger partial charge in [0.1, 0.15) is 0 Å². The topological polar surface area (TPSA) is 12.9 Å². The molecule has 0 aliphatic heterocycles. The molecule has 1 heterocycles. The molecule has 3 rings (SSSR count). The minimum Gasteiger partial charge on any atom is -0.252 e. The number of nitrogens with zero attached hydrogens (tertiary/aromatic N) is 1. The molecule has 2 aromatic rings. The van der Waals surface area contributed by atoms with Crippen LogP contribution in [0.5, 0.6) is 0 Å². The molecule has 94 valence electrons. The van der Waals surface area contributed by atoms with E-state index in [1.165, 1.54) is 36.9 Å². The predicted molar refractivity (Wildman–Crippen MR) is 77.3 cm³/mol. The van der Waals surface area contributed by atoms with Gasteiger partial charge in [-0.3, -0.25) is 4.98 Å². The van der Waals surface area contributed by atoms with Crippen molar-refractivity contribution in [3.05, 3.63) is 40.5 Å². The van der Waals surface area contributed by atoms with Gasteiger partial charge in [0.25, 0.3) is 0 Å². The largest absolute Gasteiger partial charge is 0.252 e. The molecule has 0 radical (unpaired) electrons. The molecule has 0 amide bonds. The Morgan fingerprint density at radius 3 is 2.78 bits per heavy atom. The second-order valence-corrected chi connectivity index (χ2v) is 5.58. The SMILES string of the molecule is CCc1cccc2c(Cl)cc(C3CCCC3)nc12. The molecule has 0 bridgehead atoms. The van der Waals surface area contributed by atoms with Gasteiger partial charge in [-0.1, -0.05) is 49.6 Å². The summed E-state index contributed by atoms with van der Waals surface area (Å²) in [6.45, 7) is 2.17. The number of para-hydroxylation sites is 1. The monoisotopic (exact) mass is 259 g/mol. The first-order chi connectivity index (χ1) is 8.79. The maximum atomic E-state index is 6.43. The lowest BCUT2D eigenvalue weighted by Crippen LogP contribution is -1.99. The first-order valence-corrected chi connectivity index (χ1v) is 7.25. The first-order valence-electron chi connectivity index (χ1n) is 6.87. The van der Waals surface area contributed by atoms with Gasteiger partial charge in [0.05, 0.1) is 10.5 Å². The molecule has 1 aromatic heterocycles. The summed E-state index contributed by atoms with van der Waals surface area (Å²) in [6.07, 6.45) is 6.20. The van der Waals surface area contributed by atoms with Crippen molar-refractivity contribution in [2.45, 2.75) is 44.9 Å². The number of hydrogen-bond donors (Lipinski definition) is 0. The van der Waals surface area contributed by atoms with Gasteiger partial charge in [0.15, 0.2) is 0 Å². The molecule has 0 spiro atoms. The number of hydrogen-bond acceptors (Lipinski definition) is 1. The van der Waals surface area contributed by atoms with Crippen LogP contribution in [0.4, 0.5) is 0 Å². The van der Waals surface area contributed by atoms with E-state index in [1.54, 1.807) is 0 Å². The van der Waals surface area contributed by atoms with Crippen LogP contribution in [0.3, 0.4) is 0 Å². The maximum absolute atomic E-state index is 6.43. The minimum absolute atomic E-state index is 0.622. The Bertz CT molecular complexity index is 571. The Morgan fingerprint density at radius 2 is 2.06 bits per heavy atom. The van der Waals surface area contributed by atoms with Crippen LogP contribution in [0.15, 0.2) is 24.3 Å². The summed E-state index contributed by atoms with van der Waals surface area (Å²) in [4.78, 5) is 4.90. The highest BCUT2D eigenvalue weighted by atomic mass is 35.5. The van der Waals surface area contributed by atoms with Crippen LogP contribution in [0.2, 0.25) is 5.02 Å². The zero-order valence-corrected chi connectivity index (χ0v) is 11.5. The smallest absolute Gasteiger partial charge is 0.0752 e. The fraction of sp³-hybridized carbons (Fsp3) is 0.438.